The number of aromatic nitrogens is 1. The molecule has 21 heavy (non-hydrogen) atoms. The molecule has 2 nitrogen and oxygen atoms in total. The van der Waals surface area contributed by atoms with E-state index in [1.165, 1.54) is 6.07 Å². The minimum atomic E-state index is -0.248. The molecule has 0 radical (unpaired) electrons. The van der Waals surface area contributed by atoms with Crippen LogP contribution in [0.3, 0.4) is 0 Å². The second-order valence-corrected chi connectivity index (χ2v) is 6.02. The van der Waals surface area contributed by atoms with Crippen molar-refractivity contribution in [2.24, 2.45) is 0 Å². The second kappa shape index (κ2) is 7.87. The van der Waals surface area contributed by atoms with Crippen molar-refractivity contribution < 1.29 is 4.39 Å². The fraction of sp³-hybridized carbons (Fsp3) is 0.312. The monoisotopic (exact) mass is 370 g/mol. The van der Waals surface area contributed by atoms with Crippen LogP contribution in [0.4, 0.5) is 4.39 Å². The molecule has 0 amide bonds. The van der Waals surface area contributed by atoms with E-state index in [1.54, 1.807) is 18.5 Å². The Hall–Kier alpha value is -0.970. The molecular weight excluding hydrogens is 355 g/mol. The van der Waals surface area contributed by atoms with Gasteiger partial charge in [0.1, 0.15) is 5.82 Å². The fourth-order valence-electron chi connectivity index (χ4n) is 2.21. The van der Waals surface area contributed by atoms with Crippen molar-refractivity contribution in [1.29, 1.82) is 0 Å². The predicted molar refractivity (Wildman–Crippen MR) is 88.1 cm³/mol. The molecule has 1 unspecified atom stereocenters. The summed E-state index contributed by atoms with van der Waals surface area (Å²) in [5, 5.41) is 4.09. The van der Waals surface area contributed by atoms with Crippen molar-refractivity contribution in [3.05, 3.63) is 63.1 Å². The molecule has 0 aliphatic rings. The van der Waals surface area contributed by atoms with Crippen LogP contribution in [-0.2, 0) is 6.42 Å². The van der Waals surface area contributed by atoms with Crippen LogP contribution in [0.5, 0.6) is 0 Å². The zero-order valence-electron chi connectivity index (χ0n) is 11.7. The molecule has 0 aliphatic heterocycles. The summed E-state index contributed by atoms with van der Waals surface area (Å²) in [5.74, 6) is -0.248. The van der Waals surface area contributed by atoms with Gasteiger partial charge in [-0.05, 0) is 58.6 Å². The van der Waals surface area contributed by atoms with Crippen LogP contribution in [0.1, 0.15) is 30.5 Å². The third-order valence-corrected chi connectivity index (χ3v) is 4.48. The molecule has 0 saturated heterocycles. The maximum atomic E-state index is 13.7. The van der Waals surface area contributed by atoms with Gasteiger partial charge in [0.2, 0.25) is 0 Å². The highest BCUT2D eigenvalue weighted by Crippen LogP contribution is 2.29. The SMILES string of the molecule is CCCNC(Cc1cccc(F)c1Br)c1ccncc1Cl. The molecule has 1 heterocycles. The molecule has 1 aromatic heterocycles. The van der Waals surface area contributed by atoms with Gasteiger partial charge < -0.3 is 5.32 Å². The molecule has 0 fully saturated rings. The lowest BCUT2D eigenvalue weighted by Crippen LogP contribution is -2.24. The Morgan fingerprint density at radius 3 is 2.90 bits per heavy atom. The first-order valence-corrected chi connectivity index (χ1v) is 8.06. The summed E-state index contributed by atoms with van der Waals surface area (Å²) in [5.41, 5.74) is 1.90. The van der Waals surface area contributed by atoms with Crippen LogP contribution < -0.4 is 5.32 Å². The predicted octanol–water partition coefficient (Wildman–Crippen LogP) is 4.92. The molecule has 1 N–H and O–H groups in total. The van der Waals surface area contributed by atoms with Crippen molar-refractivity contribution in [1.82, 2.24) is 10.3 Å². The molecule has 5 heteroatoms. The zero-order chi connectivity index (χ0) is 15.2. The van der Waals surface area contributed by atoms with Crippen LogP contribution in [0.25, 0.3) is 0 Å². The Bertz CT molecular complexity index is 607. The average Bonchev–Trinajstić information content (AvgIpc) is 2.48. The highest BCUT2D eigenvalue weighted by Gasteiger charge is 2.17. The first kappa shape index (κ1) is 16.4. The van der Waals surface area contributed by atoms with Gasteiger partial charge in [0.15, 0.2) is 0 Å². The van der Waals surface area contributed by atoms with Gasteiger partial charge in [-0.2, -0.15) is 0 Å². The smallest absolute Gasteiger partial charge is 0.137 e. The summed E-state index contributed by atoms with van der Waals surface area (Å²) in [6.07, 6.45) is 5.03. The highest BCUT2D eigenvalue weighted by molar-refractivity contribution is 9.10. The molecule has 0 saturated carbocycles. The van der Waals surface area contributed by atoms with Crippen LogP contribution in [-0.4, -0.2) is 11.5 Å². The van der Waals surface area contributed by atoms with Gasteiger partial charge in [-0.15, -0.1) is 0 Å². The van der Waals surface area contributed by atoms with Crippen LogP contribution in [0, 0.1) is 5.82 Å². The van der Waals surface area contributed by atoms with E-state index in [4.69, 9.17) is 11.6 Å². The maximum Gasteiger partial charge on any atom is 0.137 e. The van der Waals surface area contributed by atoms with Crippen LogP contribution >= 0.6 is 27.5 Å². The van der Waals surface area contributed by atoms with E-state index in [-0.39, 0.29) is 11.9 Å². The number of hydrogen-bond acceptors (Lipinski definition) is 2. The first-order chi connectivity index (χ1) is 10.1. The average molecular weight is 372 g/mol. The Kier molecular flexibility index (Phi) is 6.15. The van der Waals surface area contributed by atoms with E-state index in [1.807, 2.05) is 12.1 Å². The lowest BCUT2D eigenvalue weighted by atomic mass is 9.99. The third-order valence-electron chi connectivity index (χ3n) is 3.28. The van der Waals surface area contributed by atoms with Crippen molar-refractivity contribution in [2.75, 3.05) is 6.54 Å². The van der Waals surface area contributed by atoms with Gasteiger partial charge in [0.25, 0.3) is 0 Å². The van der Waals surface area contributed by atoms with Gasteiger partial charge in [-0.1, -0.05) is 30.7 Å². The molecule has 112 valence electrons. The number of nitrogens with one attached hydrogen (secondary N) is 1. The van der Waals surface area contributed by atoms with Crippen molar-refractivity contribution >= 4 is 27.5 Å². The molecule has 0 spiro atoms. The maximum absolute atomic E-state index is 13.7. The lowest BCUT2D eigenvalue weighted by molar-refractivity contribution is 0.525. The van der Waals surface area contributed by atoms with Gasteiger partial charge in [-0.25, -0.2) is 4.39 Å². The minimum Gasteiger partial charge on any atom is -0.310 e. The van der Waals surface area contributed by atoms with E-state index in [0.717, 1.165) is 24.1 Å². The molecule has 0 aliphatic carbocycles. The van der Waals surface area contributed by atoms with Crippen molar-refractivity contribution in [3.8, 4) is 0 Å². The third kappa shape index (κ3) is 4.25. The van der Waals surface area contributed by atoms with E-state index < -0.39 is 0 Å². The normalized spacial score (nSPS) is 12.4. The molecule has 1 atom stereocenters. The number of nitrogens with zero attached hydrogens (tertiary/aromatic N) is 1. The van der Waals surface area contributed by atoms with Gasteiger partial charge in [0.05, 0.1) is 9.50 Å². The van der Waals surface area contributed by atoms with Crippen molar-refractivity contribution in [2.45, 2.75) is 25.8 Å². The molecule has 2 aromatic rings. The molecule has 2 rings (SSSR count). The summed E-state index contributed by atoms with van der Waals surface area (Å²) >= 11 is 9.57. The zero-order valence-corrected chi connectivity index (χ0v) is 14.1. The van der Waals surface area contributed by atoms with Crippen molar-refractivity contribution in [3.63, 3.8) is 0 Å². The molecular formula is C16H17BrClFN2. The van der Waals surface area contributed by atoms with E-state index in [9.17, 15) is 4.39 Å². The number of benzene rings is 1. The van der Waals surface area contributed by atoms with Gasteiger partial charge >= 0.3 is 0 Å². The summed E-state index contributed by atoms with van der Waals surface area (Å²) < 4.78 is 14.2. The Morgan fingerprint density at radius 1 is 1.38 bits per heavy atom. The number of pyridine rings is 1. The number of hydrogen-bond donors (Lipinski definition) is 1. The summed E-state index contributed by atoms with van der Waals surface area (Å²) in [6.45, 7) is 2.98. The Balaban J connectivity index is 2.28. The molecule has 1 aromatic carbocycles. The number of halogens is 3. The fourth-order valence-corrected chi connectivity index (χ4v) is 2.88. The molecule has 0 bridgehead atoms. The Morgan fingerprint density at radius 2 is 2.19 bits per heavy atom. The summed E-state index contributed by atoms with van der Waals surface area (Å²) in [4.78, 5) is 4.02. The first-order valence-electron chi connectivity index (χ1n) is 6.89. The van der Waals surface area contributed by atoms with E-state index >= 15 is 0 Å². The highest BCUT2D eigenvalue weighted by atomic mass is 79.9. The minimum absolute atomic E-state index is 0.0264. The van der Waals surface area contributed by atoms with E-state index in [0.29, 0.717) is 15.9 Å². The standard InChI is InChI=1S/C16H17BrClFN2/c1-2-7-21-15(12-6-8-20-10-13(12)18)9-11-4-3-5-14(19)16(11)17/h3-6,8,10,15,21H,2,7,9H2,1H3. The van der Waals surface area contributed by atoms with Crippen LogP contribution in [0.15, 0.2) is 41.1 Å². The summed E-state index contributed by atoms with van der Waals surface area (Å²) in [6, 6.07) is 7.02. The number of rotatable bonds is 6. The topological polar surface area (TPSA) is 24.9 Å². The second-order valence-electron chi connectivity index (χ2n) is 4.82. The lowest BCUT2D eigenvalue weighted by Gasteiger charge is -2.21. The van der Waals surface area contributed by atoms with Gasteiger partial charge in [-0.3, -0.25) is 4.98 Å². The van der Waals surface area contributed by atoms with Crippen LogP contribution in [0.2, 0.25) is 5.02 Å². The quantitative estimate of drug-likeness (QED) is 0.779. The Labute approximate surface area is 137 Å². The van der Waals surface area contributed by atoms with Gasteiger partial charge in [0, 0.05) is 18.4 Å². The van der Waals surface area contributed by atoms with E-state index in [2.05, 4.69) is 33.2 Å². The summed E-state index contributed by atoms with van der Waals surface area (Å²) in [7, 11) is 0. The largest absolute Gasteiger partial charge is 0.310 e.